The molecular weight excluding hydrogens is 295 g/mol. The number of hydrogen-bond donors (Lipinski definition) is 1. The summed E-state index contributed by atoms with van der Waals surface area (Å²) < 4.78 is 38.6. The van der Waals surface area contributed by atoms with Crippen LogP contribution in [-0.4, -0.2) is 40.5 Å². The van der Waals surface area contributed by atoms with Crippen LogP contribution in [-0.2, 0) is 4.79 Å². The normalized spacial score (nSPS) is 23.6. The van der Waals surface area contributed by atoms with Gasteiger partial charge in [0.05, 0.1) is 11.8 Å². The Balaban J connectivity index is 2.21. The van der Waals surface area contributed by atoms with Gasteiger partial charge < -0.3 is 10.0 Å². The summed E-state index contributed by atoms with van der Waals surface area (Å²) in [4.78, 5) is 12.4. The van der Waals surface area contributed by atoms with Gasteiger partial charge in [-0.3, -0.25) is 4.79 Å². The predicted molar refractivity (Wildman–Crippen MR) is 66.9 cm³/mol. The van der Waals surface area contributed by atoms with Crippen LogP contribution in [0, 0.1) is 11.8 Å². The van der Waals surface area contributed by atoms with Crippen LogP contribution >= 0.6 is 11.3 Å². The lowest BCUT2D eigenvalue weighted by atomic mass is 9.96. The van der Waals surface area contributed by atoms with Gasteiger partial charge in [-0.15, -0.1) is 10.2 Å². The molecule has 20 heavy (non-hydrogen) atoms. The minimum absolute atomic E-state index is 0.137. The molecule has 2 rings (SSSR count). The second-order valence-corrected chi connectivity index (χ2v) is 6.06. The van der Waals surface area contributed by atoms with E-state index < -0.39 is 24.0 Å². The summed E-state index contributed by atoms with van der Waals surface area (Å²) in [5.41, 5.74) is 0. The first-order chi connectivity index (χ1) is 9.20. The Labute approximate surface area is 117 Å². The molecule has 0 saturated carbocycles. The molecule has 9 heteroatoms. The smallest absolute Gasteiger partial charge is 0.394 e. The van der Waals surface area contributed by atoms with Crippen LogP contribution in [0.2, 0.25) is 0 Å². The van der Waals surface area contributed by atoms with Gasteiger partial charge in [-0.2, -0.15) is 13.2 Å². The van der Waals surface area contributed by atoms with Crippen LogP contribution in [0.3, 0.4) is 0 Å². The van der Waals surface area contributed by atoms with Gasteiger partial charge in [0.15, 0.2) is 0 Å². The highest BCUT2D eigenvalue weighted by molar-refractivity contribution is 7.15. The van der Waals surface area contributed by atoms with Crippen LogP contribution < -0.4 is 4.90 Å². The fourth-order valence-corrected chi connectivity index (χ4v) is 2.99. The highest BCUT2D eigenvalue weighted by Crippen LogP contribution is 2.40. The average molecular weight is 309 g/mol. The third-order valence-corrected chi connectivity index (χ3v) is 4.54. The molecule has 1 aliphatic heterocycles. The molecule has 5 nitrogen and oxygen atoms in total. The zero-order valence-corrected chi connectivity index (χ0v) is 11.7. The van der Waals surface area contributed by atoms with E-state index >= 15 is 0 Å². The van der Waals surface area contributed by atoms with Gasteiger partial charge in [0.25, 0.3) is 0 Å². The van der Waals surface area contributed by atoms with E-state index in [2.05, 4.69) is 10.2 Å². The number of carboxylic acid groups (broad SMARTS) is 1. The third-order valence-electron chi connectivity index (χ3n) is 3.25. The third kappa shape index (κ3) is 2.87. The first kappa shape index (κ1) is 15.0. The monoisotopic (exact) mass is 309 g/mol. The van der Waals surface area contributed by atoms with Crippen molar-refractivity contribution in [1.82, 2.24) is 10.2 Å². The maximum Gasteiger partial charge on any atom is 0.394 e. The highest BCUT2D eigenvalue weighted by atomic mass is 32.1. The Kier molecular flexibility index (Phi) is 3.90. The molecule has 1 aliphatic rings. The van der Waals surface area contributed by atoms with Crippen LogP contribution in [0.15, 0.2) is 0 Å². The zero-order valence-electron chi connectivity index (χ0n) is 10.9. The number of nitrogens with zero attached hydrogens (tertiary/aromatic N) is 3. The molecule has 0 aliphatic carbocycles. The van der Waals surface area contributed by atoms with Gasteiger partial charge in [-0.1, -0.05) is 25.2 Å². The first-order valence-electron chi connectivity index (χ1n) is 6.08. The van der Waals surface area contributed by atoms with Gasteiger partial charge in [0.2, 0.25) is 5.13 Å². The van der Waals surface area contributed by atoms with Crippen molar-refractivity contribution in [2.24, 2.45) is 11.8 Å². The number of carbonyl (C=O) groups is 1. The number of hydrogen-bond acceptors (Lipinski definition) is 5. The Morgan fingerprint density at radius 3 is 2.45 bits per heavy atom. The van der Waals surface area contributed by atoms with E-state index in [0.717, 1.165) is 5.01 Å². The summed E-state index contributed by atoms with van der Waals surface area (Å²) in [5.74, 6) is -4.62. The molecule has 0 unspecified atom stereocenters. The molecule has 1 aromatic heterocycles. The minimum Gasteiger partial charge on any atom is -0.481 e. The van der Waals surface area contributed by atoms with Crippen molar-refractivity contribution >= 4 is 22.4 Å². The van der Waals surface area contributed by atoms with E-state index in [1.54, 1.807) is 0 Å². The molecule has 0 amide bonds. The predicted octanol–water partition coefficient (Wildman–Crippen LogP) is 2.36. The zero-order chi connectivity index (χ0) is 15.1. The van der Waals surface area contributed by atoms with Crippen LogP contribution in [0.4, 0.5) is 18.3 Å². The maximum absolute atomic E-state index is 12.9. The van der Waals surface area contributed by atoms with Crippen LogP contribution in [0.5, 0.6) is 0 Å². The van der Waals surface area contributed by atoms with E-state index in [4.69, 9.17) is 5.11 Å². The molecule has 2 atom stereocenters. The summed E-state index contributed by atoms with van der Waals surface area (Å²) in [5, 5.41) is 17.8. The molecule has 1 fully saturated rings. The summed E-state index contributed by atoms with van der Waals surface area (Å²) in [6.07, 6.45) is -4.52. The molecule has 0 radical (unpaired) electrons. The number of aromatic nitrogens is 2. The summed E-state index contributed by atoms with van der Waals surface area (Å²) >= 11 is 1.21. The van der Waals surface area contributed by atoms with Crippen molar-refractivity contribution in [1.29, 1.82) is 0 Å². The fourth-order valence-electron chi connectivity index (χ4n) is 2.13. The number of carboxylic acids is 1. The van der Waals surface area contributed by atoms with Crippen LogP contribution in [0.25, 0.3) is 0 Å². The Hall–Kier alpha value is -1.38. The Morgan fingerprint density at radius 2 is 2.05 bits per heavy atom. The van der Waals surface area contributed by atoms with E-state index in [0.29, 0.717) is 5.13 Å². The van der Waals surface area contributed by atoms with Gasteiger partial charge in [-0.05, 0) is 0 Å². The second-order valence-electron chi connectivity index (χ2n) is 5.08. The summed E-state index contributed by atoms with van der Waals surface area (Å²) in [6, 6.07) is 0. The lowest BCUT2D eigenvalue weighted by molar-refractivity contribution is -0.187. The van der Waals surface area contributed by atoms with E-state index in [-0.39, 0.29) is 19.0 Å². The highest BCUT2D eigenvalue weighted by Gasteiger charge is 2.53. The molecule has 2 heterocycles. The van der Waals surface area contributed by atoms with E-state index in [9.17, 15) is 18.0 Å². The topological polar surface area (TPSA) is 66.3 Å². The lowest BCUT2D eigenvalue weighted by Crippen LogP contribution is -2.33. The minimum atomic E-state index is -4.52. The van der Waals surface area contributed by atoms with Crippen molar-refractivity contribution in [3.63, 3.8) is 0 Å². The van der Waals surface area contributed by atoms with Gasteiger partial charge in [0, 0.05) is 19.0 Å². The summed E-state index contributed by atoms with van der Waals surface area (Å²) in [6.45, 7) is 3.25. The molecule has 112 valence electrons. The molecule has 0 bridgehead atoms. The molecule has 1 saturated heterocycles. The van der Waals surface area contributed by atoms with Crippen molar-refractivity contribution in [3.8, 4) is 0 Å². The molecule has 0 aromatic carbocycles. The van der Waals surface area contributed by atoms with Crippen molar-refractivity contribution in [2.45, 2.75) is 25.9 Å². The number of anilines is 1. The number of alkyl halides is 3. The standard InChI is InChI=1S/C11H14F3N3O2S/c1-5(2)8-15-16-10(20-8)17-3-6(9(18)19)7(4-17)11(12,13)14/h5-7H,3-4H2,1-2H3,(H,18,19)/t6-,7-/m1/s1. The molecular formula is C11H14F3N3O2S. The molecule has 1 N–H and O–H groups in total. The Bertz CT molecular complexity index is 503. The van der Waals surface area contributed by atoms with Crippen molar-refractivity contribution < 1.29 is 23.1 Å². The maximum atomic E-state index is 12.9. The Morgan fingerprint density at radius 1 is 1.40 bits per heavy atom. The largest absolute Gasteiger partial charge is 0.481 e. The lowest BCUT2D eigenvalue weighted by Gasteiger charge is -2.17. The van der Waals surface area contributed by atoms with E-state index in [1.165, 1.54) is 16.2 Å². The van der Waals surface area contributed by atoms with Gasteiger partial charge in [-0.25, -0.2) is 0 Å². The second kappa shape index (κ2) is 5.19. The SMILES string of the molecule is CC(C)c1nnc(N2C[C@@H](C(F)(F)F)[C@H](C(=O)O)C2)s1. The van der Waals surface area contributed by atoms with Crippen LogP contribution in [0.1, 0.15) is 24.8 Å². The fraction of sp³-hybridized carbons (Fsp3) is 0.727. The summed E-state index contributed by atoms with van der Waals surface area (Å²) in [7, 11) is 0. The van der Waals surface area contributed by atoms with Gasteiger partial charge >= 0.3 is 12.1 Å². The first-order valence-corrected chi connectivity index (χ1v) is 6.89. The van der Waals surface area contributed by atoms with Crippen molar-refractivity contribution in [3.05, 3.63) is 5.01 Å². The molecule has 0 spiro atoms. The molecule has 1 aromatic rings. The number of rotatable bonds is 3. The number of aliphatic carboxylic acids is 1. The number of halogens is 3. The quantitative estimate of drug-likeness (QED) is 0.928. The van der Waals surface area contributed by atoms with Crippen molar-refractivity contribution in [2.75, 3.05) is 18.0 Å². The van der Waals surface area contributed by atoms with E-state index in [1.807, 2.05) is 13.8 Å². The van der Waals surface area contributed by atoms with Gasteiger partial charge in [0.1, 0.15) is 5.01 Å². The average Bonchev–Trinajstić information content (AvgIpc) is 2.94.